The van der Waals surface area contributed by atoms with Gasteiger partial charge in [0, 0.05) is 29.8 Å². The molecule has 0 radical (unpaired) electrons. The van der Waals surface area contributed by atoms with Gasteiger partial charge in [-0.25, -0.2) is 4.98 Å². The van der Waals surface area contributed by atoms with Crippen molar-refractivity contribution in [1.82, 2.24) is 14.9 Å². The number of ether oxygens (including phenoxy) is 3. The second-order valence-corrected chi connectivity index (χ2v) is 8.80. The Morgan fingerprint density at radius 3 is 2.30 bits per heavy atom. The van der Waals surface area contributed by atoms with Crippen LogP contribution in [0.15, 0.2) is 60.7 Å². The van der Waals surface area contributed by atoms with Gasteiger partial charge in [-0.05, 0) is 42.3 Å². The molecule has 0 unspecified atom stereocenters. The van der Waals surface area contributed by atoms with E-state index in [2.05, 4.69) is 14.6 Å². The molecule has 0 atom stereocenters. The van der Waals surface area contributed by atoms with Gasteiger partial charge < -0.3 is 29.8 Å². The summed E-state index contributed by atoms with van der Waals surface area (Å²) in [6.07, 6.45) is 0.787. The van der Waals surface area contributed by atoms with Gasteiger partial charge in [0.05, 0.1) is 38.8 Å². The van der Waals surface area contributed by atoms with Crippen LogP contribution in [0.1, 0.15) is 27.9 Å². The maximum atomic E-state index is 12.7. The summed E-state index contributed by atoms with van der Waals surface area (Å²) in [5.74, 6) is 1.36. The maximum absolute atomic E-state index is 12.7. The number of nitrogens with zero attached hydrogens (tertiary/aromatic N) is 2. The fourth-order valence-corrected chi connectivity index (χ4v) is 4.28. The van der Waals surface area contributed by atoms with E-state index in [4.69, 9.17) is 25.6 Å². The molecule has 1 heterocycles. The first-order valence-electron chi connectivity index (χ1n) is 12.4. The van der Waals surface area contributed by atoms with E-state index >= 15 is 0 Å². The highest BCUT2D eigenvalue weighted by Gasteiger charge is 2.16. The first kappa shape index (κ1) is 30.0. The van der Waals surface area contributed by atoms with Crippen molar-refractivity contribution in [3.05, 3.63) is 77.4 Å². The van der Waals surface area contributed by atoms with Gasteiger partial charge >= 0.3 is 5.97 Å². The Morgan fingerprint density at radius 1 is 0.950 bits per heavy atom. The van der Waals surface area contributed by atoms with Gasteiger partial charge in [0.1, 0.15) is 11.7 Å². The normalized spacial score (nSPS) is 10.5. The minimum atomic E-state index is -0.389. The van der Waals surface area contributed by atoms with E-state index in [0.717, 1.165) is 22.5 Å². The zero-order valence-corrected chi connectivity index (χ0v) is 23.3. The molecule has 11 heteroatoms. The largest absolute Gasteiger partial charge is 0.493 e. The van der Waals surface area contributed by atoms with Crippen LogP contribution in [0, 0.1) is 5.41 Å². The predicted molar refractivity (Wildman–Crippen MR) is 156 cm³/mol. The number of nitrogens with two attached hydrogens (primary N) is 1. The number of nitrogen functional groups attached to an aromatic ring is 1. The molecule has 0 aliphatic heterocycles. The van der Waals surface area contributed by atoms with Gasteiger partial charge in [0.2, 0.25) is 0 Å². The van der Waals surface area contributed by atoms with E-state index in [0.29, 0.717) is 41.1 Å². The third kappa shape index (κ3) is 6.70. The van der Waals surface area contributed by atoms with Gasteiger partial charge in [0.25, 0.3) is 5.91 Å². The van der Waals surface area contributed by atoms with Gasteiger partial charge in [0.15, 0.2) is 11.5 Å². The molecule has 0 aliphatic rings. The minimum absolute atomic E-state index is 0. The number of esters is 1. The van der Waals surface area contributed by atoms with Crippen molar-refractivity contribution in [2.75, 3.05) is 27.9 Å². The van der Waals surface area contributed by atoms with E-state index in [1.165, 1.54) is 7.11 Å². The molecule has 210 valence electrons. The lowest BCUT2D eigenvalue weighted by Gasteiger charge is -2.12. The summed E-state index contributed by atoms with van der Waals surface area (Å²) < 4.78 is 17.5. The second-order valence-electron chi connectivity index (χ2n) is 8.80. The van der Waals surface area contributed by atoms with Crippen molar-refractivity contribution < 1.29 is 23.8 Å². The number of aryl methyl sites for hydroxylation is 2. The van der Waals surface area contributed by atoms with Crippen molar-refractivity contribution in [3.63, 3.8) is 0 Å². The van der Waals surface area contributed by atoms with Crippen LogP contribution >= 0.6 is 12.4 Å². The number of benzene rings is 3. The Labute approximate surface area is 238 Å². The highest BCUT2D eigenvalue weighted by atomic mass is 35.5. The number of amides is 1. The summed E-state index contributed by atoms with van der Waals surface area (Å²) in [6, 6.07) is 18.5. The molecule has 1 aromatic heterocycles. The number of carbonyl (C=O) groups is 2. The van der Waals surface area contributed by atoms with Crippen molar-refractivity contribution in [2.24, 2.45) is 5.73 Å². The highest BCUT2D eigenvalue weighted by Crippen LogP contribution is 2.30. The lowest BCUT2D eigenvalue weighted by molar-refractivity contribution is -0.140. The van der Waals surface area contributed by atoms with Crippen LogP contribution in [0.5, 0.6) is 11.5 Å². The molecular formula is C29H32ClN5O5. The summed E-state index contributed by atoms with van der Waals surface area (Å²) in [4.78, 5) is 28.9. The monoisotopic (exact) mass is 565 g/mol. The van der Waals surface area contributed by atoms with Crippen LogP contribution < -0.4 is 20.5 Å². The number of carbonyl (C=O) groups excluding carboxylic acids is 2. The SMILES string of the molecule is COC(=O)CCNC(=O)c1ccc2c(c1)nc(-c1ccc(C(=N)N)cc1)n2CCc1ccc(OC)c(OC)c1.Cl. The molecule has 0 saturated heterocycles. The number of rotatable bonds is 11. The number of methoxy groups -OCH3 is 3. The first-order valence-corrected chi connectivity index (χ1v) is 12.4. The fourth-order valence-electron chi connectivity index (χ4n) is 4.28. The Balaban J connectivity index is 0.00000441. The number of aromatic nitrogens is 2. The maximum Gasteiger partial charge on any atom is 0.307 e. The third-order valence-electron chi connectivity index (χ3n) is 6.38. The molecule has 4 aromatic rings. The van der Waals surface area contributed by atoms with Gasteiger partial charge in [-0.3, -0.25) is 15.0 Å². The van der Waals surface area contributed by atoms with Crippen LogP contribution in [0.3, 0.4) is 0 Å². The Hall–Kier alpha value is -4.57. The predicted octanol–water partition coefficient (Wildman–Crippen LogP) is 3.96. The van der Waals surface area contributed by atoms with E-state index in [-0.39, 0.29) is 43.1 Å². The molecule has 0 saturated carbocycles. The van der Waals surface area contributed by atoms with Crippen LogP contribution in [0.4, 0.5) is 0 Å². The van der Waals surface area contributed by atoms with Gasteiger partial charge in [-0.15, -0.1) is 12.4 Å². The minimum Gasteiger partial charge on any atom is -0.493 e. The molecule has 1 amide bonds. The first-order chi connectivity index (χ1) is 18.8. The van der Waals surface area contributed by atoms with Crippen molar-refractivity contribution in [1.29, 1.82) is 5.41 Å². The second kappa shape index (κ2) is 13.5. The Bertz CT molecular complexity index is 1520. The summed E-state index contributed by atoms with van der Waals surface area (Å²) in [5, 5.41) is 10.4. The highest BCUT2D eigenvalue weighted by molar-refractivity contribution is 5.98. The van der Waals surface area contributed by atoms with Crippen LogP contribution in [0.25, 0.3) is 22.4 Å². The molecule has 0 spiro atoms. The molecule has 10 nitrogen and oxygen atoms in total. The quantitative estimate of drug-likeness (QED) is 0.142. The third-order valence-corrected chi connectivity index (χ3v) is 6.38. The molecule has 4 N–H and O–H groups in total. The summed E-state index contributed by atoms with van der Waals surface area (Å²) in [6.45, 7) is 0.789. The molecule has 40 heavy (non-hydrogen) atoms. The number of amidine groups is 1. The zero-order chi connectivity index (χ0) is 27.9. The summed E-state index contributed by atoms with van der Waals surface area (Å²) in [5.41, 5.74) is 10.1. The fraction of sp³-hybridized carbons (Fsp3) is 0.241. The van der Waals surface area contributed by atoms with Crippen molar-refractivity contribution in [2.45, 2.75) is 19.4 Å². The van der Waals surface area contributed by atoms with E-state index in [1.54, 1.807) is 38.5 Å². The number of fused-ring (bicyclic) bond motifs is 1. The molecule has 0 aliphatic carbocycles. The number of hydrogen-bond acceptors (Lipinski definition) is 7. The lowest BCUT2D eigenvalue weighted by atomic mass is 10.1. The standard InChI is InChI=1S/C29H31N5O5.ClH/c1-37-24-11-4-18(16-25(24)38-2)13-15-34-23-10-9-21(29(36)32-14-12-26(35)39-3)17-22(23)33-28(34)20-7-5-19(6-8-20)27(30)31;/h4-11,16-17H,12-15H2,1-3H3,(H3,30,31)(H,32,36);1H. The van der Waals surface area contributed by atoms with E-state index in [9.17, 15) is 9.59 Å². The Morgan fingerprint density at radius 2 is 1.65 bits per heavy atom. The zero-order valence-electron chi connectivity index (χ0n) is 22.5. The van der Waals surface area contributed by atoms with Crippen LogP contribution in [-0.4, -0.2) is 55.1 Å². The van der Waals surface area contributed by atoms with Gasteiger partial charge in [-0.2, -0.15) is 0 Å². The summed E-state index contributed by atoms with van der Waals surface area (Å²) in [7, 11) is 4.52. The van der Waals surface area contributed by atoms with Crippen LogP contribution in [-0.2, 0) is 22.5 Å². The van der Waals surface area contributed by atoms with E-state index in [1.807, 2.05) is 36.4 Å². The lowest BCUT2D eigenvalue weighted by Crippen LogP contribution is -2.26. The van der Waals surface area contributed by atoms with Crippen molar-refractivity contribution >= 4 is 41.2 Å². The van der Waals surface area contributed by atoms with Crippen LogP contribution in [0.2, 0.25) is 0 Å². The average Bonchev–Trinajstić information content (AvgIpc) is 3.33. The Kier molecular flexibility index (Phi) is 10.1. The number of nitrogens with one attached hydrogen (secondary N) is 2. The number of hydrogen-bond donors (Lipinski definition) is 3. The topological polar surface area (TPSA) is 142 Å². The number of halogens is 1. The molecule has 0 fully saturated rings. The van der Waals surface area contributed by atoms with Gasteiger partial charge in [-0.1, -0.05) is 30.3 Å². The molecule has 4 rings (SSSR count). The number of imidazole rings is 1. The van der Waals surface area contributed by atoms with Crippen molar-refractivity contribution in [3.8, 4) is 22.9 Å². The molecular weight excluding hydrogens is 534 g/mol. The smallest absolute Gasteiger partial charge is 0.307 e. The molecule has 3 aromatic carbocycles. The van der Waals surface area contributed by atoms with E-state index < -0.39 is 0 Å². The molecule has 0 bridgehead atoms. The summed E-state index contributed by atoms with van der Waals surface area (Å²) >= 11 is 0. The average molecular weight is 566 g/mol.